The van der Waals surface area contributed by atoms with E-state index < -0.39 is 0 Å². The van der Waals surface area contributed by atoms with Crippen molar-refractivity contribution in [3.63, 3.8) is 0 Å². The zero-order valence-corrected chi connectivity index (χ0v) is 11.3. The first-order valence-corrected chi connectivity index (χ1v) is 7.16. The number of aryl methyl sites for hydroxylation is 1. The fourth-order valence-electron chi connectivity index (χ4n) is 3.02. The topological polar surface area (TPSA) is 26.0 Å². The third-order valence-electron chi connectivity index (χ3n) is 4.43. The van der Waals surface area contributed by atoms with Crippen molar-refractivity contribution in [1.82, 2.24) is 0 Å². The fourth-order valence-corrected chi connectivity index (χ4v) is 3.02. The summed E-state index contributed by atoms with van der Waals surface area (Å²) >= 11 is 0. The standard InChI is InChI=1S/C18H21N/c19-17(12-11-15-7-3-1-4-8-15)18(13-14-18)16-9-5-2-6-10-16/h1-10,17H,11-14,19H2. The lowest BCUT2D eigenvalue weighted by molar-refractivity contribution is 0.485. The van der Waals surface area contributed by atoms with Crippen molar-refractivity contribution in [1.29, 1.82) is 0 Å². The van der Waals surface area contributed by atoms with Gasteiger partial charge in [0.25, 0.3) is 0 Å². The highest BCUT2D eigenvalue weighted by atomic mass is 14.7. The van der Waals surface area contributed by atoms with Gasteiger partial charge < -0.3 is 5.73 Å². The van der Waals surface area contributed by atoms with Crippen molar-refractivity contribution in [2.75, 3.05) is 0 Å². The molecule has 1 nitrogen and oxygen atoms in total. The highest BCUT2D eigenvalue weighted by Crippen LogP contribution is 2.51. The third-order valence-corrected chi connectivity index (χ3v) is 4.43. The molecule has 0 amide bonds. The van der Waals surface area contributed by atoms with E-state index in [2.05, 4.69) is 60.7 Å². The molecule has 98 valence electrons. The third kappa shape index (κ3) is 2.57. The molecule has 19 heavy (non-hydrogen) atoms. The van der Waals surface area contributed by atoms with Crippen LogP contribution < -0.4 is 5.73 Å². The molecule has 0 bridgehead atoms. The molecule has 0 heterocycles. The minimum Gasteiger partial charge on any atom is -0.327 e. The monoisotopic (exact) mass is 251 g/mol. The van der Waals surface area contributed by atoms with E-state index in [1.807, 2.05) is 0 Å². The highest BCUT2D eigenvalue weighted by molar-refractivity contribution is 5.33. The maximum absolute atomic E-state index is 6.49. The molecule has 0 saturated heterocycles. The maximum atomic E-state index is 6.49. The molecular weight excluding hydrogens is 230 g/mol. The van der Waals surface area contributed by atoms with Crippen LogP contribution in [-0.4, -0.2) is 6.04 Å². The summed E-state index contributed by atoms with van der Waals surface area (Å²) < 4.78 is 0. The van der Waals surface area contributed by atoms with Crippen molar-refractivity contribution in [2.24, 2.45) is 5.73 Å². The van der Waals surface area contributed by atoms with Gasteiger partial charge in [0.15, 0.2) is 0 Å². The zero-order valence-electron chi connectivity index (χ0n) is 11.3. The van der Waals surface area contributed by atoms with Gasteiger partial charge in [-0.05, 0) is 36.8 Å². The molecule has 1 saturated carbocycles. The second-order valence-electron chi connectivity index (χ2n) is 5.65. The maximum Gasteiger partial charge on any atom is 0.0139 e. The first-order chi connectivity index (χ1) is 9.31. The summed E-state index contributed by atoms with van der Waals surface area (Å²) in [5.74, 6) is 0. The molecule has 1 atom stereocenters. The molecule has 2 N–H and O–H groups in total. The van der Waals surface area contributed by atoms with Crippen molar-refractivity contribution >= 4 is 0 Å². The minimum absolute atomic E-state index is 0.260. The first kappa shape index (κ1) is 12.4. The molecular formula is C18H21N. The number of hydrogen-bond acceptors (Lipinski definition) is 1. The van der Waals surface area contributed by atoms with Gasteiger partial charge in [-0.2, -0.15) is 0 Å². The molecule has 1 heteroatoms. The van der Waals surface area contributed by atoms with Gasteiger partial charge in [-0.1, -0.05) is 60.7 Å². The SMILES string of the molecule is NC(CCc1ccccc1)C1(c2ccccc2)CC1. The molecule has 0 spiro atoms. The van der Waals surface area contributed by atoms with Gasteiger partial charge in [0.05, 0.1) is 0 Å². The lowest BCUT2D eigenvalue weighted by atomic mass is 9.85. The Bertz CT molecular complexity index is 514. The van der Waals surface area contributed by atoms with E-state index in [-0.39, 0.29) is 11.5 Å². The number of nitrogens with two attached hydrogens (primary N) is 1. The Morgan fingerprint density at radius 3 is 2.05 bits per heavy atom. The van der Waals surface area contributed by atoms with Crippen LogP contribution in [0.4, 0.5) is 0 Å². The molecule has 0 aromatic heterocycles. The van der Waals surface area contributed by atoms with E-state index in [0.29, 0.717) is 0 Å². The van der Waals surface area contributed by atoms with E-state index in [1.54, 1.807) is 0 Å². The second kappa shape index (κ2) is 5.18. The molecule has 1 aliphatic carbocycles. The lowest BCUT2D eigenvalue weighted by Gasteiger charge is -2.24. The Kier molecular flexibility index (Phi) is 3.39. The van der Waals surface area contributed by atoms with Crippen LogP contribution in [0.2, 0.25) is 0 Å². The van der Waals surface area contributed by atoms with E-state index in [0.717, 1.165) is 12.8 Å². The van der Waals surface area contributed by atoms with E-state index >= 15 is 0 Å². The number of benzene rings is 2. The van der Waals surface area contributed by atoms with Gasteiger partial charge in [-0.25, -0.2) is 0 Å². The van der Waals surface area contributed by atoms with Gasteiger partial charge in [0.1, 0.15) is 0 Å². The van der Waals surface area contributed by atoms with Crippen molar-refractivity contribution in [3.05, 3.63) is 71.8 Å². The number of rotatable bonds is 5. The zero-order chi connectivity index (χ0) is 13.1. The van der Waals surface area contributed by atoms with Crippen LogP contribution in [0.5, 0.6) is 0 Å². The van der Waals surface area contributed by atoms with Crippen molar-refractivity contribution in [2.45, 2.75) is 37.1 Å². The van der Waals surface area contributed by atoms with Crippen LogP contribution in [0.3, 0.4) is 0 Å². The van der Waals surface area contributed by atoms with Gasteiger partial charge in [0.2, 0.25) is 0 Å². The predicted molar refractivity (Wildman–Crippen MR) is 80.1 cm³/mol. The first-order valence-electron chi connectivity index (χ1n) is 7.16. The molecule has 0 aliphatic heterocycles. The number of hydrogen-bond donors (Lipinski definition) is 1. The summed E-state index contributed by atoms with van der Waals surface area (Å²) in [6.45, 7) is 0. The van der Waals surface area contributed by atoms with Gasteiger partial charge in [0, 0.05) is 11.5 Å². The van der Waals surface area contributed by atoms with Crippen LogP contribution in [-0.2, 0) is 11.8 Å². The predicted octanol–water partition coefficient (Wildman–Crippen LogP) is 3.68. The molecule has 2 aromatic rings. The van der Waals surface area contributed by atoms with Crippen molar-refractivity contribution in [3.8, 4) is 0 Å². The Balaban J connectivity index is 1.66. The normalized spacial score (nSPS) is 17.9. The van der Waals surface area contributed by atoms with Gasteiger partial charge >= 0.3 is 0 Å². The summed E-state index contributed by atoms with van der Waals surface area (Å²) in [6, 6.07) is 21.7. The Labute approximate surface area is 115 Å². The smallest absolute Gasteiger partial charge is 0.0139 e. The quantitative estimate of drug-likeness (QED) is 0.862. The van der Waals surface area contributed by atoms with Gasteiger partial charge in [-0.15, -0.1) is 0 Å². The van der Waals surface area contributed by atoms with Crippen LogP contribution in [0.25, 0.3) is 0 Å². The minimum atomic E-state index is 0.260. The Morgan fingerprint density at radius 2 is 1.47 bits per heavy atom. The summed E-state index contributed by atoms with van der Waals surface area (Å²) in [6.07, 6.45) is 4.63. The van der Waals surface area contributed by atoms with Crippen LogP contribution in [0, 0.1) is 0 Å². The average Bonchev–Trinajstić information content (AvgIpc) is 3.28. The molecule has 3 rings (SSSR count). The van der Waals surface area contributed by atoms with E-state index in [9.17, 15) is 0 Å². The average molecular weight is 251 g/mol. The van der Waals surface area contributed by atoms with Crippen LogP contribution in [0.1, 0.15) is 30.4 Å². The van der Waals surface area contributed by atoms with Gasteiger partial charge in [-0.3, -0.25) is 0 Å². The highest BCUT2D eigenvalue weighted by Gasteiger charge is 2.48. The molecule has 1 aliphatic rings. The van der Waals surface area contributed by atoms with E-state index in [1.165, 1.54) is 24.0 Å². The summed E-state index contributed by atoms with van der Waals surface area (Å²) in [7, 11) is 0. The lowest BCUT2D eigenvalue weighted by Crippen LogP contribution is -2.35. The largest absolute Gasteiger partial charge is 0.327 e. The Hall–Kier alpha value is -1.60. The molecule has 0 radical (unpaired) electrons. The molecule has 1 unspecified atom stereocenters. The van der Waals surface area contributed by atoms with Crippen molar-refractivity contribution < 1.29 is 0 Å². The fraction of sp³-hybridized carbons (Fsp3) is 0.333. The molecule has 1 fully saturated rings. The second-order valence-corrected chi connectivity index (χ2v) is 5.65. The summed E-state index contributed by atoms with van der Waals surface area (Å²) in [5.41, 5.74) is 9.57. The summed E-state index contributed by atoms with van der Waals surface area (Å²) in [5, 5.41) is 0. The Morgan fingerprint density at radius 1 is 0.895 bits per heavy atom. The van der Waals surface area contributed by atoms with Crippen LogP contribution in [0.15, 0.2) is 60.7 Å². The van der Waals surface area contributed by atoms with E-state index in [4.69, 9.17) is 5.73 Å². The van der Waals surface area contributed by atoms with Crippen LogP contribution >= 0.6 is 0 Å². The summed E-state index contributed by atoms with van der Waals surface area (Å²) in [4.78, 5) is 0. The molecule has 2 aromatic carbocycles.